The normalized spacial score (nSPS) is 26.8. The van der Waals surface area contributed by atoms with Gasteiger partial charge in [0, 0.05) is 18.8 Å². The third-order valence-corrected chi connectivity index (χ3v) is 3.45. The molecule has 0 aliphatic heterocycles. The van der Waals surface area contributed by atoms with E-state index in [4.69, 9.17) is 5.11 Å². The van der Waals surface area contributed by atoms with Gasteiger partial charge in [0.15, 0.2) is 0 Å². The van der Waals surface area contributed by atoms with Crippen LogP contribution >= 0.6 is 0 Å². The summed E-state index contributed by atoms with van der Waals surface area (Å²) in [6.45, 7) is 0. The van der Waals surface area contributed by atoms with Crippen molar-refractivity contribution in [3.05, 3.63) is 35.6 Å². The van der Waals surface area contributed by atoms with E-state index in [0.29, 0.717) is 0 Å². The summed E-state index contributed by atoms with van der Waals surface area (Å²) >= 11 is 0. The van der Waals surface area contributed by atoms with Gasteiger partial charge in [-0.3, -0.25) is 4.79 Å². The van der Waals surface area contributed by atoms with Crippen LogP contribution in [0.5, 0.6) is 0 Å². The van der Waals surface area contributed by atoms with Gasteiger partial charge in [-0.15, -0.1) is 0 Å². The molecule has 5 heteroatoms. The van der Waals surface area contributed by atoms with Gasteiger partial charge in [0.05, 0.1) is 5.92 Å². The number of hydrogen-bond donors (Lipinski definition) is 1. The molecule has 0 saturated heterocycles. The third-order valence-electron chi connectivity index (χ3n) is 3.45. The molecular formula is C13H13F3O2. The number of rotatable bonds is 2. The molecule has 2 unspecified atom stereocenters. The monoisotopic (exact) mass is 258 g/mol. The van der Waals surface area contributed by atoms with Gasteiger partial charge in [-0.1, -0.05) is 18.2 Å². The predicted molar refractivity (Wildman–Crippen MR) is 59.1 cm³/mol. The Kier molecular flexibility index (Phi) is 3.32. The Labute approximate surface area is 102 Å². The van der Waals surface area contributed by atoms with E-state index in [-0.39, 0.29) is 12.0 Å². The fraction of sp³-hybridized carbons (Fsp3) is 0.462. The van der Waals surface area contributed by atoms with Crippen molar-refractivity contribution in [3.63, 3.8) is 0 Å². The molecule has 98 valence electrons. The number of alkyl halides is 2. The summed E-state index contributed by atoms with van der Waals surface area (Å²) in [6, 6.07) is 5.77. The maximum atomic E-state index is 13.6. The van der Waals surface area contributed by atoms with Gasteiger partial charge >= 0.3 is 5.97 Å². The second-order valence-corrected chi connectivity index (χ2v) is 4.67. The molecule has 0 amide bonds. The Morgan fingerprint density at radius 1 is 1.33 bits per heavy atom. The van der Waals surface area contributed by atoms with E-state index in [1.54, 1.807) is 6.07 Å². The van der Waals surface area contributed by atoms with E-state index < -0.39 is 42.4 Å². The summed E-state index contributed by atoms with van der Waals surface area (Å²) in [5.74, 6) is -6.69. The van der Waals surface area contributed by atoms with Crippen LogP contribution in [0.25, 0.3) is 0 Å². The van der Waals surface area contributed by atoms with Gasteiger partial charge < -0.3 is 5.11 Å². The standard InChI is InChI=1S/C13H13F3O2/c14-11-4-2-1-3-9(11)8-5-6-13(15,16)7-10(8)12(17)18/h1-4,8,10H,5-7H2,(H,17,18). The first kappa shape index (κ1) is 12.9. The van der Waals surface area contributed by atoms with Crippen LogP contribution in [0.3, 0.4) is 0 Å². The molecule has 1 aromatic rings. The molecule has 1 aliphatic carbocycles. The Hall–Kier alpha value is -1.52. The van der Waals surface area contributed by atoms with Crippen LogP contribution in [0, 0.1) is 11.7 Å². The summed E-state index contributed by atoms with van der Waals surface area (Å²) in [4.78, 5) is 11.1. The molecule has 2 atom stereocenters. The molecule has 0 heterocycles. The molecule has 1 N–H and O–H groups in total. The molecular weight excluding hydrogens is 245 g/mol. The average molecular weight is 258 g/mol. The smallest absolute Gasteiger partial charge is 0.307 e. The quantitative estimate of drug-likeness (QED) is 0.882. The summed E-state index contributed by atoms with van der Waals surface area (Å²) in [7, 11) is 0. The fourth-order valence-electron chi connectivity index (χ4n) is 2.54. The van der Waals surface area contributed by atoms with E-state index in [9.17, 15) is 18.0 Å². The molecule has 0 radical (unpaired) electrons. The molecule has 1 aromatic carbocycles. The van der Waals surface area contributed by atoms with Crippen molar-refractivity contribution < 1.29 is 23.1 Å². The van der Waals surface area contributed by atoms with Crippen molar-refractivity contribution in [2.24, 2.45) is 5.92 Å². The van der Waals surface area contributed by atoms with Crippen LogP contribution in [0.15, 0.2) is 24.3 Å². The second kappa shape index (κ2) is 4.63. The van der Waals surface area contributed by atoms with Crippen molar-refractivity contribution >= 4 is 5.97 Å². The first-order chi connectivity index (χ1) is 8.41. The lowest BCUT2D eigenvalue weighted by Gasteiger charge is -2.34. The highest BCUT2D eigenvalue weighted by Gasteiger charge is 2.45. The van der Waals surface area contributed by atoms with Gasteiger partial charge in [0.1, 0.15) is 5.82 Å². The lowest BCUT2D eigenvalue weighted by atomic mass is 9.74. The zero-order valence-electron chi connectivity index (χ0n) is 9.57. The molecule has 1 fully saturated rings. The maximum Gasteiger partial charge on any atom is 0.307 e. The van der Waals surface area contributed by atoms with Crippen molar-refractivity contribution in [1.29, 1.82) is 0 Å². The summed E-state index contributed by atoms with van der Waals surface area (Å²) < 4.78 is 40.1. The third kappa shape index (κ3) is 2.49. The molecule has 2 nitrogen and oxygen atoms in total. The Balaban J connectivity index is 2.32. The lowest BCUT2D eigenvalue weighted by Crippen LogP contribution is -2.36. The highest BCUT2D eigenvalue weighted by Crippen LogP contribution is 2.45. The maximum absolute atomic E-state index is 13.6. The van der Waals surface area contributed by atoms with E-state index in [2.05, 4.69) is 0 Å². The molecule has 1 saturated carbocycles. The molecule has 0 spiro atoms. The number of benzene rings is 1. The minimum atomic E-state index is -2.97. The molecule has 1 aliphatic rings. The Bertz CT molecular complexity index is 459. The number of aliphatic carboxylic acids is 1. The van der Waals surface area contributed by atoms with Crippen molar-refractivity contribution in [3.8, 4) is 0 Å². The lowest BCUT2D eigenvalue weighted by molar-refractivity contribution is -0.150. The Morgan fingerprint density at radius 2 is 2.00 bits per heavy atom. The summed E-state index contributed by atoms with van der Waals surface area (Å²) in [6.07, 6.45) is -1.12. The van der Waals surface area contributed by atoms with Crippen LogP contribution in [-0.4, -0.2) is 17.0 Å². The predicted octanol–water partition coefficient (Wildman–Crippen LogP) is 3.43. The number of carbonyl (C=O) groups is 1. The number of halogens is 3. The number of carboxylic acid groups (broad SMARTS) is 1. The molecule has 0 bridgehead atoms. The van der Waals surface area contributed by atoms with Gasteiger partial charge in [-0.25, -0.2) is 13.2 Å². The van der Waals surface area contributed by atoms with Crippen LogP contribution in [-0.2, 0) is 4.79 Å². The SMILES string of the molecule is O=C(O)C1CC(F)(F)CCC1c1ccccc1F. The second-order valence-electron chi connectivity index (χ2n) is 4.67. The summed E-state index contributed by atoms with van der Waals surface area (Å²) in [5, 5.41) is 9.04. The Morgan fingerprint density at radius 3 is 2.61 bits per heavy atom. The van der Waals surface area contributed by atoms with E-state index in [1.165, 1.54) is 18.2 Å². The van der Waals surface area contributed by atoms with Crippen molar-refractivity contribution in [2.75, 3.05) is 0 Å². The first-order valence-electron chi connectivity index (χ1n) is 5.76. The van der Waals surface area contributed by atoms with Crippen molar-refractivity contribution in [1.82, 2.24) is 0 Å². The van der Waals surface area contributed by atoms with Gasteiger partial charge in [0.2, 0.25) is 5.92 Å². The van der Waals surface area contributed by atoms with Gasteiger partial charge in [-0.05, 0) is 18.1 Å². The molecule has 18 heavy (non-hydrogen) atoms. The average Bonchev–Trinajstić information content (AvgIpc) is 2.29. The van der Waals surface area contributed by atoms with Crippen LogP contribution in [0.1, 0.15) is 30.7 Å². The highest BCUT2D eigenvalue weighted by atomic mass is 19.3. The fourth-order valence-corrected chi connectivity index (χ4v) is 2.54. The number of hydrogen-bond acceptors (Lipinski definition) is 1. The topological polar surface area (TPSA) is 37.3 Å². The van der Waals surface area contributed by atoms with E-state index in [1.807, 2.05) is 0 Å². The summed E-state index contributed by atoms with van der Waals surface area (Å²) in [5.41, 5.74) is 0.223. The minimum Gasteiger partial charge on any atom is -0.481 e. The first-order valence-corrected chi connectivity index (χ1v) is 5.76. The van der Waals surface area contributed by atoms with Crippen LogP contribution in [0.4, 0.5) is 13.2 Å². The van der Waals surface area contributed by atoms with E-state index in [0.717, 1.165) is 0 Å². The van der Waals surface area contributed by atoms with Crippen LogP contribution < -0.4 is 0 Å². The largest absolute Gasteiger partial charge is 0.481 e. The van der Waals surface area contributed by atoms with Gasteiger partial charge in [0.25, 0.3) is 0 Å². The van der Waals surface area contributed by atoms with Crippen LogP contribution in [0.2, 0.25) is 0 Å². The highest BCUT2D eigenvalue weighted by molar-refractivity contribution is 5.71. The molecule has 0 aromatic heterocycles. The van der Waals surface area contributed by atoms with E-state index >= 15 is 0 Å². The zero-order chi connectivity index (χ0) is 13.3. The van der Waals surface area contributed by atoms with Gasteiger partial charge in [-0.2, -0.15) is 0 Å². The zero-order valence-corrected chi connectivity index (χ0v) is 9.57. The van der Waals surface area contributed by atoms with Crippen molar-refractivity contribution in [2.45, 2.75) is 31.1 Å². The minimum absolute atomic E-state index is 0.00903. The number of carboxylic acids is 1. The molecule has 2 rings (SSSR count).